The molecule has 1 fully saturated rings. The van der Waals surface area contributed by atoms with E-state index in [1.807, 2.05) is 0 Å². The maximum Gasteiger partial charge on any atom is 0.466 e. The summed E-state index contributed by atoms with van der Waals surface area (Å²) in [6.45, 7) is 3.19. The molecule has 0 aliphatic carbocycles. The average molecular weight is 408 g/mol. The first kappa shape index (κ1) is 23.2. The van der Waals surface area contributed by atoms with Gasteiger partial charge in [-0.15, -0.1) is 0 Å². The number of anilines is 1. The van der Waals surface area contributed by atoms with Gasteiger partial charge in [0, 0.05) is 30.9 Å². The molecule has 12 heteroatoms. The van der Waals surface area contributed by atoms with E-state index in [2.05, 4.69) is 10.2 Å². The normalized spacial score (nSPS) is 14.6. The highest BCUT2D eigenvalue weighted by molar-refractivity contribution is 7.45. The Morgan fingerprint density at radius 3 is 2.00 bits per heavy atom. The predicted molar refractivity (Wildman–Crippen MR) is 96.2 cm³/mol. The highest BCUT2D eigenvalue weighted by atomic mass is 31.2. The Morgan fingerprint density at radius 1 is 1.11 bits per heavy atom. The number of carbonyl (C=O) groups is 1. The number of nitrogens with zero attached hydrogens (tertiary/aromatic N) is 1. The van der Waals surface area contributed by atoms with Gasteiger partial charge in [-0.1, -0.05) is 0 Å². The van der Waals surface area contributed by atoms with Crippen LogP contribution >= 0.6 is 7.82 Å². The summed E-state index contributed by atoms with van der Waals surface area (Å²) in [5.74, 6) is 1.42. The first-order chi connectivity index (χ1) is 12.7. The Labute approximate surface area is 157 Å². The van der Waals surface area contributed by atoms with Crippen molar-refractivity contribution in [2.75, 3.05) is 59.5 Å². The van der Waals surface area contributed by atoms with Crippen LogP contribution in [0.3, 0.4) is 0 Å². The van der Waals surface area contributed by atoms with Crippen molar-refractivity contribution < 1.29 is 43.0 Å². The molecule has 154 valence electrons. The summed E-state index contributed by atoms with van der Waals surface area (Å²) in [5.41, 5.74) is 0.604. The number of morpholine rings is 1. The van der Waals surface area contributed by atoms with Crippen LogP contribution in [0.2, 0.25) is 0 Å². The van der Waals surface area contributed by atoms with Crippen LogP contribution in [0, 0.1) is 0 Å². The maximum atomic E-state index is 12.1. The lowest BCUT2D eigenvalue weighted by molar-refractivity contribution is -0.118. The van der Waals surface area contributed by atoms with E-state index in [0.717, 1.165) is 13.1 Å². The maximum absolute atomic E-state index is 12.1. The summed E-state index contributed by atoms with van der Waals surface area (Å²) in [5, 5.41) is 2.85. The predicted octanol–water partition coefficient (Wildman–Crippen LogP) is 0.0545. The summed E-state index contributed by atoms with van der Waals surface area (Å²) in [7, 11) is -0.0235. The van der Waals surface area contributed by atoms with Gasteiger partial charge in [0.05, 0.1) is 41.1 Å². The van der Waals surface area contributed by atoms with Crippen LogP contribution in [-0.2, 0) is 14.1 Å². The van der Waals surface area contributed by atoms with Crippen LogP contribution in [0.1, 0.15) is 0 Å². The minimum atomic E-state index is -4.64. The van der Waals surface area contributed by atoms with Gasteiger partial charge in [0.25, 0.3) is 0 Å². The number of ether oxygens (including phenoxy) is 4. The van der Waals surface area contributed by atoms with E-state index in [9.17, 15) is 4.79 Å². The Morgan fingerprint density at radius 2 is 1.59 bits per heavy atom. The lowest BCUT2D eigenvalue weighted by atomic mass is 10.2. The molecular formula is C15H25N2O9P. The molecule has 1 aromatic carbocycles. The molecule has 27 heavy (non-hydrogen) atoms. The number of carbonyl (C=O) groups excluding carboxylic acids is 1. The van der Waals surface area contributed by atoms with Gasteiger partial charge in [-0.3, -0.25) is 9.69 Å². The Hall–Kier alpha value is -1.88. The molecule has 1 amide bonds. The van der Waals surface area contributed by atoms with Gasteiger partial charge >= 0.3 is 7.82 Å². The van der Waals surface area contributed by atoms with Crippen molar-refractivity contribution in [2.45, 2.75) is 0 Å². The number of methoxy groups -OCH3 is 3. The molecule has 0 unspecified atom stereocenters. The van der Waals surface area contributed by atoms with Crippen molar-refractivity contribution in [2.24, 2.45) is 0 Å². The molecule has 0 radical (unpaired) electrons. The summed E-state index contributed by atoms with van der Waals surface area (Å²) >= 11 is 0. The zero-order valence-corrected chi connectivity index (χ0v) is 16.3. The van der Waals surface area contributed by atoms with Crippen molar-refractivity contribution in [3.05, 3.63) is 12.1 Å². The second kappa shape index (κ2) is 11.1. The lowest BCUT2D eigenvalue weighted by Gasteiger charge is -2.25. The number of hydrogen-bond acceptors (Lipinski definition) is 7. The molecule has 0 spiro atoms. The molecule has 2 rings (SSSR count). The van der Waals surface area contributed by atoms with Crippen molar-refractivity contribution in [1.82, 2.24) is 4.90 Å². The van der Waals surface area contributed by atoms with E-state index in [1.54, 1.807) is 12.1 Å². The second-order valence-electron chi connectivity index (χ2n) is 5.36. The van der Waals surface area contributed by atoms with Gasteiger partial charge in [-0.25, -0.2) is 4.57 Å². The Kier molecular flexibility index (Phi) is 9.50. The molecule has 4 N–H and O–H groups in total. The standard InChI is InChI=1S/C15H22N2O5.H3O4P/c1-19-12-8-11(9-13(20-2)15(12)21-3)16-14(18)10-17-4-6-22-7-5-17;1-5(2,3)4/h8-9H,4-7,10H2,1-3H3,(H,16,18);(H3,1,2,3,4). The number of nitrogens with one attached hydrogen (secondary N) is 1. The van der Waals surface area contributed by atoms with Gasteiger partial charge in [-0.05, 0) is 0 Å². The van der Waals surface area contributed by atoms with E-state index in [0.29, 0.717) is 42.7 Å². The van der Waals surface area contributed by atoms with Gasteiger partial charge in [0.1, 0.15) is 0 Å². The number of benzene rings is 1. The molecule has 0 aromatic heterocycles. The van der Waals surface area contributed by atoms with E-state index < -0.39 is 7.82 Å². The van der Waals surface area contributed by atoms with E-state index in [4.69, 9.17) is 38.2 Å². The monoisotopic (exact) mass is 408 g/mol. The minimum absolute atomic E-state index is 0.0869. The number of phosphoric acid groups is 1. The van der Waals surface area contributed by atoms with E-state index >= 15 is 0 Å². The van der Waals surface area contributed by atoms with Crippen LogP contribution in [-0.4, -0.2) is 79.7 Å². The van der Waals surface area contributed by atoms with Crippen molar-refractivity contribution in [3.8, 4) is 17.2 Å². The fourth-order valence-corrected chi connectivity index (χ4v) is 2.32. The van der Waals surface area contributed by atoms with Gasteiger partial charge < -0.3 is 38.9 Å². The molecule has 0 bridgehead atoms. The van der Waals surface area contributed by atoms with Crippen LogP contribution < -0.4 is 19.5 Å². The number of rotatable bonds is 6. The van der Waals surface area contributed by atoms with Gasteiger partial charge in [-0.2, -0.15) is 0 Å². The smallest absolute Gasteiger partial charge is 0.466 e. The molecule has 1 heterocycles. The molecule has 0 atom stereocenters. The molecule has 1 aliphatic rings. The Balaban J connectivity index is 0.000000646. The quantitative estimate of drug-likeness (QED) is 0.476. The third-order valence-electron chi connectivity index (χ3n) is 3.42. The highest BCUT2D eigenvalue weighted by Crippen LogP contribution is 2.39. The fraction of sp³-hybridized carbons (Fsp3) is 0.533. The topological polar surface area (TPSA) is 147 Å². The van der Waals surface area contributed by atoms with E-state index in [-0.39, 0.29) is 5.91 Å². The van der Waals surface area contributed by atoms with Gasteiger partial charge in [0.15, 0.2) is 11.5 Å². The fourth-order valence-electron chi connectivity index (χ4n) is 2.32. The molecule has 0 saturated carbocycles. The number of amides is 1. The van der Waals surface area contributed by atoms with Crippen LogP contribution in [0.25, 0.3) is 0 Å². The molecule has 1 saturated heterocycles. The van der Waals surface area contributed by atoms with Crippen molar-refractivity contribution in [1.29, 1.82) is 0 Å². The Bertz CT molecular complexity index is 625. The van der Waals surface area contributed by atoms with E-state index in [1.165, 1.54) is 21.3 Å². The average Bonchev–Trinajstić information content (AvgIpc) is 2.60. The van der Waals surface area contributed by atoms with Crippen molar-refractivity contribution in [3.63, 3.8) is 0 Å². The first-order valence-corrected chi connectivity index (χ1v) is 9.42. The summed E-state index contributed by atoms with van der Waals surface area (Å²) in [6.07, 6.45) is 0. The number of hydrogen-bond donors (Lipinski definition) is 4. The summed E-state index contributed by atoms with van der Waals surface area (Å²) in [4.78, 5) is 35.7. The third-order valence-corrected chi connectivity index (χ3v) is 3.42. The van der Waals surface area contributed by atoms with Crippen LogP contribution in [0.15, 0.2) is 12.1 Å². The van der Waals surface area contributed by atoms with Crippen molar-refractivity contribution >= 4 is 19.4 Å². The zero-order valence-electron chi connectivity index (χ0n) is 15.4. The molecule has 1 aromatic rings. The first-order valence-electron chi connectivity index (χ1n) is 7.86. The molecule has 11 nitrogen and oxygen atoms in total. The molecule has 1 aliphatic heterocycles. The van der Waals surface area contributed by atoms with Crippen LogP contribution in [0.5, 0.6) is 17.2 Å². The molecular weight excluding hydrogens is 383 g/mol. The van der Waals surface area contributed by atoms with Crippen LogP contribution in [0.4, 0.5) is 5.69 Å². The third kappa shape index (κ3) is 9.05. The minimum Gasteiger partial charge on any atom is -0.493 e. The summed E-state index contributed by atoms with van der Waals surface area (Å²) in [6, 6.07) is 3.41. The second-order valence-corrected chi connectivity index (χ2v) is 6.39. The zero-order chi connectivity index (χ0) is 20.4. The van der Waals surface area contributed by atoms with Gasteiger partial charge in [0.2, 0.25) is 11.7 Å². The highest BCUT2D eigenvalue weighted by Gasteiger charge is 2.17. The summed E-state index contributed by atoms with van der Waals surface area (Å²) < 4.78 is 29.9. The SMILES string of the molecule is COc1cc(NC(=O)CN2CCOCC2)cc(OC)c1OC.O=P(O)(O)O. The largest absolute Gasteiger partial charge is 0.493 e. The lowest BCUT2D eigenvalue weighted by Crippen LogP contribution is -2.41.